The highest BCUT2D eigenvalue weighted by atomic mass is 79.9. The molecule has 2 N–H and O–H groups in total. The summed E-state index contributed by atoms with van der Waals surface area (Å²) in [5.41, 5.74) is 2.80. The molecule has 0 aromatic heterocycles. The van der Waals surface area contributed by atoms with Gasteiger partial charge in [0, 0.05) is 10.0 Å². The van der Waals surface area contributed by atoms with Crippen molar-refractivity contribution >= 4 is 27.6 Å². The molecule has 0 aliphatic rings. The van der Waals surface area contributed by atoms with E-state index < -0.39 is 0 Å². The Balaban J connectivity index is 1.53. The highest BCUT2D eigenvalue weighted by Crippen LogP contribution is 2.27. The van der Waals surface area contributed by atoms with Crippen molar-refractivity contribution < 1.29 is 9.53 Å². The molecule has 0 fully saturated rings. The summed E-state index contributed by atoms with van der Waals surface area (Å²) in [4.78, 5) is 12.2. The highest BCUT2D eigenvalue weighted by molar-refractivity contribution is 9.10. The minimum atomic E-state index is -0.258. The van der Waals surface area contributed by atoms with Crippen LogP contribution in [-0.4, -0.2) is 19.2 Å². The van der Waals surface area contributed by atoms with Gasteiger partial charge in [0.1, 0.15) is 12.4 Å². The number of amides is 2. The summed E-state index contributed by atoms with van der Waals surface area (Å²) in [6, 6.07) is 25.0. The van der Waals surface area contributed by atoms with Crippen LogP contribution in [0.2, 0.25) is 0 Å². The van der Waals surface area contributed by atoms with E-state index in [4.69, 9.17) is 4.74 Å². The Bertz CT molecular complexity index is 869. The van der Waals surface area contributed by atoms with E-state index in [-0.39, 0.29) is 6.03 Å². The van der Waals surface area contributed by atoms with Gasteiger partial charge in [0.2, 0.25) is 0 Å². The van der Waals surface area contributed by atoms with Gasteiger partial charge in [-0.25, -0.2) is 4.79 Å². The second-order valence-corrected chi connectivity index (χ2v) is 6.51. The normalized spacial score (nSPS) is 10.2. The molecule has 0 saturated heterocycles. The van der Waals surface area contributed by atoms with E-state index >= 15 is 0 Å². The number of ether oxygens (including phenoxy) is 1. The second-order valence-electron chi connectivity index (χ2n) is 5.60. The highest BCUT2D eigenvalue weighted by Gasteiger charge is 2.07. The van der Waals surface area contributed by atoms with Crippen molar-refractivity contribution in [3.63, 3.8) is 0 Å². The van der Waals surface area contributed by atoms with Crippen LogP contribution in [0.1, 0.15) is 0 Å². The van der Waals surface area contributed by atoms with Gasteiger partial charge in [-0.1, -0.05) is 70.5 Å². The Morgan fingerprint density at radius 3 is 2.50 bits per heavy atom. The first-order valence-corrected chi connectivity index (χ1v) is 9.09. The Kier molecular flexibility index (Phi) is 6.28. The molecule has 0 heterocycles. The quantitative estimate of drug-likeness (QED) is 0.540. The maximum Gasteiger partial charge on any atom is 0.319 e. The third-order valence-corrected chi connectivity index (χ3v) is 4.21. The van der Waals surface area contributed by atoms with E-state index in [1.807, 2.05) is 78.9 Å². The van der Waals surface area contributed by atoms with Crippen LogP contribution < -0.4 is 15.4 Å². The molecule has 26 heavy (non-hydrogen) atoms. The molecule has 3 aromatic carbocycles. The van der Waals surface area contributed by atoms with Crippen LogP contribution in [0.3, 0.4) is 0 Å². The van der Waals surface area contributed by atoms with E-state index in [1.165, 1.54) is 0 Å². The van der Waals surface area contributed by atoms with Crippen LogP contribution in [-0.2, 0) is 0 Å². The van der Waals surface area contributed by atoms with Crippen LogP contribution in [0.5, 0.6) is 5.75 Å². The molecule has 5 heteroatoms. The molecule has 0 aliphatic heterocycles. The summed E-state index contributed by atoms with van der Waals surface area (Å²) < 4.78 is 6.56. The van der Waals surface area contributed by atoms with Crippen LogP contribution in [0.15, 0.2) is 83.3 Å². The number of anilines is 1. The molecule has 0 unspecified atom stereocenters. The lowest BCUT2D eigenvalue weighted by Crippen LogP contribution is -2.32. The topological polar surface area (TPSA) is 50.4 Å². The minimum absolute atomic E-state index is 0.258. The molecule has 3 aromatic rings. The Morgan fingerprint density at radius 1 is 0.923 bits per heavy atom. The third kappa shape index (κ3) is 5.10. The number of carbonyl (C=O) groups excluding carboxylic acids is 1. The number of carbonyl (C=O) groups is 1. The van der Waals surface area contributed by atoms with E-state index in [1.54, 1.807) is 0 Å². The molecular formula is C21H19BrN2O2. The zero-order chi connectivity index (χ0) is 18.2. The molecular weight excluding hydrogens is 392 g/mol. The number of benzene rings is 3. The van der Waals surface area contributed by atoms with Gasteiger partial charge in [-0.3, -0.25) is 0 Å². The van der Waals surface area contributed by atoms with Crippen LogP contribution in [0, 0.1) is 0 Å². The summed E-state index contributed by atoms with van der Waals surface area (Å²) in [6.45, 7) is 0.802. The van der Waals surface area contributed by atoms with Crippen molar-refractivity contribution in [2.75, 3.05) is 18.5 Å². The lowest BCUT2D eigenvalue weighted by molar-refractivity contribution is 0.247. The van der Waals surface area contributed by atoms with Crippen molar-refractivity contribution in [2.24, 2.45) is 0 Å². The van der Waals surface area contributed by atoms with E-state index in [2.05, 4.69) is 26.6 Å². The van der Waals surface area contributed by atoms with Gasteiger partial charge in [0.15, 0.2) is 0 Å². The van der Waals surface area contributed by atoms with Crippen LogP contribution in [0.25, 0.3) is 11.1 Å². The van der Waals surface area contributed by atoms with Gasteiger partial charge in [-0.05, 0) is 29.8 Å². The lowest BCUT2D eigenvalue weighted by atomic mass is 10.0. The first kappa shape index (κ1) is 18.0. The van der Waals surface area contributed by atoms with Gasteiger partial charge in [0.25, 0.3) is 0 Å². The Hall–Kier alpha value is -2.79. The predicted molar refractivity (Wildman–Crippen MR) is 109 cm³/mol. The van der Waals surface area contributed by atoms with Crippen molar-refractivity contribution in [2.45, 2.75) is 0 Å². The Morgan fingerprint density at radius 2 is 1.69 bits per heavy atom. The van der Waals surface area contributed by atoms with E-state index in [9.17, 15) is 4.79 Å². The van der Waals surface area contributed by atoms with E-state index in [0.29, 0.717) is 13.2 Å². The van der Waals surface area contributed by atoms with Crippen molar-refractivity contribution in [1.82, 2.24) is 5.32 Å². The minimum Gasteiger partial charge on any atom is -0.492 e. The average Bonchev–Trinajstić information content (AvgIpc) is 2.66. The summed E-state index contributed by atoms with van der Waals surface area (Å²) in [5, 5.41) is 5.71. The Labute approximate surface area is 161 Å². The number of nitrogens with one attached hydrogen (secondary N) is 2. The molecule has 0 radical (unpaired) electrons. The largest absolute Gasteiger partial charge is 0.492 e. The average molecular weight is 411 g/mol. The summed E-state index contributed by atoms with van der Waals surface area (Å²) in [6.07, 6.45) is 0. The van der Waals surface area contributed by atoms with Gasteiger partial charge >= 0.3 is 6.03 Å². The molecule has 0 saturated carbocycles. The zero-order valence-electron chi connectivity index (χ0n) is 14.1. The smallest absolute Gasteiger partial charge is 0.319 e. The van der Waals surface area contributed by atoms with Gasteiger partial charge in [0.05, 0.1) is 12.2 Å². The molecule has 4 nitrogen and oxygen atoms in total. The fourth-order valence-corrected chi connectivity index (χ4v) is 2.90. The SMILES string of the molecule is O=C(NCCOc1cccc(Br)c1)Nc1ccccc1-c1ccccc1. The van der Waals surface area contributed by atoms with Gasteiger partial charge < -0.3 is 15.4 Å². The van der Waals surface area contributed by atoms with Gasteiger partial charge in [-0.2, -0.15) is 0 Å². The maximum atomic E-state index is 12.2. The predicted octanol–water partition coefficient (Wildman–Crippen LogP) is 5.32. The number of urea groups is 1. The van der Waals surface area contributed by atoms with Crippen molar-refractivity contribution in [3.8, 4) is 16.9 Å². The second kappa shape index (κ2) is 9.06. The first-order chi connectivity index (χ1) is 12.7. The standard InChI is InChI=1S/C21H19BrN2O2/c22-17-9-6-10-18(15-17)26-14-13-23-21(25)24-20-12-5-4-11-19(20)16-7-2-1-3-8-16/h1-12,15H,13-14H2,(H2,23,24,25). The fraction of sp³-hybridized carbons (Fsp3) is 0.0952. The first-order valence-electron chi connectivity index (χ1n) is 8.30. The fourth-order valence-electron chi connectivity index (χ4n) is 2.52. The number of rotatable bonds is 6. The van der Waals surface area contributed by atoms with Gasteiger partial charge in [-0.15, -0.1) is 0 Å². The molecule has 0 spiro atoms. The van der Waals surface area contributed by atoms with Crippen LogP contribution >= 0.6 is 15.9 Å². The molecule has 2 amide bonds. The molecule has 132 valence electrons. The van der Waals surface area contributed by atoms with Crippen molar-refractivity contribution in [3.05, 3.63) is 83.3 Å². The lowest BCUT2D eigenvalue weighted by Gasteiger charge is -2.12. The molecule has 0 atom stereocenters. The van der Waals surface area contributed by atoms with Crippen molar-refractivity contribution in [1.29, 1.82) is 0 Å². The number of hydrogen-bond donors (Lipinski definition) is 2. The van der Waals surface area contributed by atoms with Crippen LogP contribution in [0.4, 0.5) is 10.5 Å². The summed E-state index contributed by atoms with van der Waals surface area (Å²) in [7, 11) is 0. The molecule has 0 bridgehead atoms. The zero-order valence-corrected chi connectivity index (χ0v) is 15.7. The number of halogens is 1. The van der Waals surface area contributed by atoms with E-state index in [0.717, 1.165) is 27.0 Å². The monoisotopic (exact) mass is 410 g/mol. The molecule has 3 rings (SSSR count). The molecule has 0 aliphatic carbocycles. The summed E-state index contributed by atoms with van der Waals surface area (Å²) in [5.74, 6) is 0.760. The number of hydrogen-bond acceptors (Lipinski definition) is 2. The summed E-state index contributed by atoms with van der Waals surface area (Å²) >= 11 is 3.40. The maximum absolute atomic E-state index is 12.2. The third-order valence-electron chi connectivity index (χ3n) is 3.71. The number of para-hydroxylation sites is 1.